The summed E-state index contributed by atoms with van der Waals surface area (Å²) in [5.74, 6) is -3.47. The highest BCUT2D eigenvalue weighted by Crippen LogP contribution is 2.17. The van der Waals surface area contributed by atoms with Gasteiger partial charge >= 0.3 is 11.9 Å². The molecule has 0 aliphatic rings. The highest BCUT2D eigenvalue weighted by Gasteiger charge is 2.12. The van der Waals surface area contributed by atoms with Crippen LogP contribution in [-0.2, 0) is 22.4 Å². The smallest absolute Gasteiger partial charge is 0.307 e. The average Bonchev–Trinajstić information content (AvgIpc) is 2.51. The molecule has 0 bridgehead atoms. The minimum absolute atomic E-state index is 0.188. The van der Waals surface area contributed by atoms with Gasteiger partial charge in [0.25, 0.3) is 5.69 Å². The van der Waals surface area contributed by atoms with E-state index in [1.54, 1.807) is 6.07 Å². The number of nitro benzene ring substituents is 1. The van der Waals surface area contributed by atoms with E-state index in [2.05, 4.69) is 0 Å². The molecule has 0 radical (unpaired) electrons. The van der Waals surface area contributed by atoms with Crippen LogP contribution in [0, 0.1) is 21.7 Å². The highest BCUT2D eigenvalue weighted by atomic mass is 19.1. The lowest BCUT2D eigenvalue weighted by atomic mass is 10.1. The predicted octanol–water partition coefficient (Wildman–Crippen LogP) is 2.81. The molecule has 2 aromatic carbocycles. The van der Waals surface area contributed by atoms with Crippen LogP contribution in [0.1, 0.15) is 11.1 Å². The zero-order valence-electron chi connectivity index (χ0n) is 12.7. The van der Waals surface area contributed by atoms with Gasteiger partial charge in [0.05, 0.1) is 17.8 Å². The zero-order chi connectivity index (χ0) is 19.0. The molecule has 0 saturated carbocycles. The molecular weight excluding hydrogens is 340 g/mol. The number of nitro groups is 1. The molecule has 9 heteroatoms. The molecule has 0 spiro atoms. The summed E-state index contributed by atoms with van der Waals surface area (Å²) in [5, 5.41) is 27.0. The van der Waals surface area contributed by atoms with Crippen LogP contribution in [0.25, 0.3) is 0 Å². The molecule has 2 N–H and O–H groups in total. The van der Waals surface area contributed by atoms with Gasteiger partial charge in [-0.25, -0.2) is 8.78 Å². The monoisotopic (exact) mass is 353 g/mol. The van der Waals surface area contributed by atoms with E-state index in [0.717, 1.165) is 18.2 Å². The Balaban J connectivity index is 0.000000257. The number of aliphatic carboxylic acids is 2. The van der Waals surface area contributed by atoms with Gasteiger partial charge in [-0.1, -0.05) is 18.2 Å². The Labute approximate surface area is 140 Å². The van der Waals surface area contributed by atoms with Crippen LogP contribution in [0.2, 0.25) is 0 Å². The summed E-state index contributed by atoms with van der Waals surface area (Å²) in [6, 6.07) is 8.64. The molecule has 0 fully saturated rings. The molecule has 0 aliphatic heterocycles. The Morgan fingerprint density at radius 2 is 1.44 bits per heavy atom. The van der Waals surface area contributed by atoms with Crippen LogP contribution >= 0.6 is 0 Å². The molecule has 0 saturated heterocycles. The van der Waals surface area contributed by atoms with Gasteiger partial charge in [-0.05, 0) is 17.7 Å². The second kappa shape index (κ2) is 9.06. The van der Waals surface area contributed by atoms with Gasteiger partial charge in [0.1, 0.15) is 11.6 Å². The molecule has 25 heavy (non-hydrogen) atoms. The van der Waals surface area contributed by atoms with Gasteiger partial charge in [-0.2, -0.15) is 0 Å². The fourth-order valence-electron chi connectivity index (χ4n) is 1.78. The number of non-ortho nitro benzene ring substituents is 1. The van der Waals surface area contributed by atoms with Crippen molar-refractivity contribution in [3.05, 3.63) is 75.3 Å². The van der Waals surface area contributed by atoms with E-state index in [4.69, 9.17) is 10.2 Å². The van der Waals surface area contributed by atoms with Crippen LogP contribution in [0.4, 0.5) is 14.5 Å². The summed E-state index contributed by atoms with van der Waals surface area (Å²) in [4.78, 5) is 30.0. The predicted molar refractivity (Wildman–Crippen MR) is 82.1 cm³/mol. The first-order valence-electron chi connectivity index (χ1n) is 6.80. The van der Waals surface area contributed by atoms with Gasteiger partial charge in [0, 0.05) is 17.7 Å². The number of benzene rings is 2. The second-order valence-corrected chi connectivity index (χ2v) is 4.77. The maximum atomic E-state index is 12.9. The van der Waals surface area contributed by atoms with E-state index in [1.165, 1.54) is 18.2 Å². The third-order valence-corrected chi connectivity index (χ3v) is 2.88. The van der Waals surface area contributed by atoms with Crippen molar-refractivity contribution in [2.75, 3.05) is 0 Å². The van der Waals surface area contributed by atoms with Crippen molar-refractivity contribution >= 4 is 17.6 Å². The molecular formula is C16H13F2NO6. The third kappa shape index (κ3) is 6.73. The Hall–Kier alpha value is -3.36. The van der Waals surface area contributed by atoms with Crippen LogP contribution in [0.5, 0.6) is 0 Å². The summed E-state index contributed by atoms with van der Waals surface area (Å²) in [6.45, 7) is 0. The number of hydrogen-bond donors (Lipinski definition) is 2. The van der Waals surface area contributed by atoms with Crippen molar-refractivity contribution < 1.29 is 33.5 Å². The van der Waals surface area contributed by atoms with Crippen LogP contribution in [-0.4, -0.2) is 27.1 Å². The SMILES string of the molecule is O=C(O)Cc1cc([N+](=O)[O-])ccc1F.O=C(O)Cc1ccccc1F. The fourth-order valence-corrected chi connectivity index (χ4v) is 1.78. The summed E-state index contributed by atoms with van der Waals surface area (Å²) >= 11 is 0. The quantitative estimate of drug-likeness (QED) is 0.630. The lowest BCUT2D eigenvalue weighted by molar-refractivity contribution is -0.385. The lowest BCUT2D eigenvalue weighted by Gasteiger charge is -1.98. The number of hydrogen-bond acceptors (Lipinski definition) is 4. The summed E-state index contributed by atoms with van der Waals surface area (Å²) in [7, 11) is 0. The second-order valence-electron chi connectivity index (χ2n) is 4.77. The minimum Gasteiger partial charge on any atom is -0.481 e. The van der Waals surface area contributed by atoms with Crippen molar-refractivity contribution in [3.8, 4) is 0 Å². The number of rotatable bonds is 5. The standard InChI is InChI=1S/C8H6FNO4.C8H7FO2/c9-7-2-1-6(10(13)14)3-5(7)4-8(11)12;9-7-4-2-1-3-6(7)5-8(10)11/h1-3H,4H2,(H,11,12);1-4H,5H2,(H,10,11). The van der Waals surface area contributed by atoms with Gasteiger partial charge in [-0.15, -0.1) is 0 Å². The van der Waals surface area contributed by atoms with Crippen molar-refractivity contribution in [1.82, 2.24) is 0 Å². The van der Waals surface area contributed by atoms with E-state index >= 15 is 0 Å². The molecule has 0 amide bonds. The maximum absolute atomic E-state index is 12.9. The number of halogens is 2. The van der Waals surface area contributed by atoms with Crippen LogP contribution < -0.4 is 0 Å². The molecule has 132 valence electrons. The van der Waals surface area contributed by atoms with Crippen molar-refractivity contribution in [2.24, 2.45) is 0 Å². The average molecular weight is 353 g/mol. The Morgan fingerprint density at radius 1 is 0.920 bits per heavy atom. The lowest BCUT2D eigenvalue weighted by Crippen LogP contribution is -2.03. The van der Waals surface area contributed by atoms with Gasteiger partial charge in [0.15, 0.2) is 0 Å². The fraction of sp³-hybridized carbons (Fsp3) is 0.125. The first-order chi connectivity index (χ1) is 11.7. The summed E-state index contributed by atoms with van der Waals surface area (Å²) < 4.78 is 25.6. The van der Waals surface area contributed by atoms with Crippen molar-refractivity contribution in [1.29, 1.82) is 0 Å². The number of carbonyl (C=O) groups is 2. The third-order valence-electron chi connectivity index (χ3n) is 2.88. The molecule has 0 aliphatic carbocycles. The minimum atomic E-state index is -1.23. The van der Waals surface area contributed by atoms with Crippen LogP contribution in [0.3, 0.4) is 0 Å². The van der Waals surface area contributed by atoms with Crippen molar-refractivity contribution in [2.45, 2.75) is 12.8 Å². The van der Waals surface area contributed by atoms with Gasteiger partial charge < -0.3 is 10.2 Å². The summed E-state index contributed by atoms with van der Waals surface area (Å²) in [5.41, 5.74) is -0.283. The molecule has 0 unspecified atom stereocenters. The Morgan fingerprint density at radius 3 is 1.96 bits per heavy atom. The summed E-state index contributed by atoms with van der Waals surface area (Å²) in [6.07, 6.45) is -0.819. The van der Waals surface area contributed by atoms with E-state index in [1.807, 2.05) is 0 Å². The number of carboxylic acids is 2. The zero-order valence-corrected chi connectivity index (χ0v) is 12.7. The van der Waals surface area contributed by atoms with Crippen molar-refractivity contribution in [3.63, 3.8) is 0 Å². The molecule has 0 atom stereocenters. The molecule has 7 nitrogen and oxygen atoms in total. The number of carboxylic acid groups (broad SMARTS) is 2. The first-order valence-corrected chi connectivity index (χ1v) is 6.80. The molecule has 0 aromatic heterocycles. The molecule has 2 aromatic rings. The van der Waals surface area contributed by atoms with E-state index in [-0.39, 0.29) is 23.2 Å². The molecule has 0 heterocycles. The van der Waals surface area contributed by atoms with Gasteiger partial charge in [0.2, 0.25) is 0 Å². The largest absolute Gasteiger partial charge is 0.481 e. The van der Waals surface area contributed by atoms with Crippen LogP contribution in [0.15, 0.2) is 42.5 Å². The normalized spacial score (nSPS) is 9.68. The van der Waals surface area contributed by atoms with E-state index in [9.17, 15) is 28.5 Å². The number of nitrogens with zero attached hydrogens (tertiary/aromatic N) is 1. The first kappa shape index (κ1) is 19.7. The van der Waals surface area contributed by atoms with E-state index < -0.39 is 34.9 Å². The molecule has 2 rings (SSSR count). The topological polar surface area (TPSA) is 118 Å². The Kier molecular flexibility index (Phi) is 7.14. The maximum Gasteiger partial charge on any atom is 0.307 e. The Bertz CT molecular complexity index is 794. The van der Waals surface area contributed by atoms with E-state index in [0.29, 0.717) is 0 Å². The highest BCUT2D eigenvalue weighted by molar-refractivity contribution is 5.70. The van der Waals surface area contributed by atoms with Gasteiger partial charge in [-0.3, -0.25) is 19.7 Å².